The molecule has 1 atom stereocenters. The first-order valence-electron chi connectivity index (χ1n) is 9.35. The summed E-state index contributed by atoms with van der Waals surface area (Å²) in [6, 6.07) is 12.4. The van der Waals surface area contributed by atoms with Gasteiger partial charge in [0.1, 0.15) is 11.8 Å². The van der Waals surface area contributed by atoms with Gasteiger partial charge >= 0.3 is 0 Å². The molecule has 2 aliphatic rings. The minimum Gasteiger partial charge on any atom is -0.497 e. The maximum Gasteiger partial charge on any atom is 0.248 e. The maximum absolute atomic E-state index is 12.8. The van der Waals surface area contributed by atoms with E-state index in [0.717, 1.165) is 17.1 Å². The van der Waals surface area contributed by atoms with Crippen LogP contribution in [0.15, 0.2) is 42.5 Å². The van der Waals surface area contributed by atoms with Crippen molar-refractivity contribution >= 4 is 29.3 Å². The van der Waals surface area contributed by atoms with Crippen molar-refractivity contribution in [3.8, 4) is 17.2 Å². The van der Waals surface area contributed by atoms with Gasteiger partial charge in [0.15, 0.2) is 11.5 Å². The van der Waals surface area contributed by atoms with E-state index in [-0.39, 0.29) is 18.6 Å². The lowest BCUT2D eigenvalue weighted by Crippen LogP contribution is -2.44. The van der Waals surface area contributed by atoms with E-state index < -0.39 is 6.04 Å². The van der Waals surface area contributed by atoms with Crippen LogP contribution >= 0.6 is 11.8 Å². The monoisotopic (exact) mass is 414 g/mol. The van der Waals surface area contributed by atoms with Crippen LogP contribution in [0.1, 0.15) is 12.0 Å². The Labute approximate surface area is 173 Å². The van der Waals surface area contributed by atoms with Crippen molar-refractivity contribution in [2.75, 3.05) is 30.8 Å². The number of aryl methyl sites for hydroxylation is 1. The Hall–Kier alpha value is -2.87. The van der Waals surface area contributed by atoms with Crippen molar-refractivity contribution in [3.05, 3.63) is 48.0 Å². The number of nitrogens with zero attached hydrogens (tertiary/aromatic N) is 1. The number of ether oxygens (including phenoxy) is 3. The largest absolute Gasteiger partial charge is 0.497 e. The van der Waals surface area contributed by atoms with E-state index in [1.54, 1.807) is 48.0 Å². The van der Waals surface area contributed by atoms with Crippen molar-refractivity contribution in [2.45, 2.75) is 18.9 Å². The van der Waals surface area contributed by atoms with Crippen LogP contribution in [0.5, 0.6) is 17.2 Å². The highest BCUT2D eigenvalue weighted by atomic mass is 32.2. The number of anilines is 1. The Kier molecular flexibility index (Phi) is 5.80. The topological polar surface area (TPSA) is 77.1 Å². The fraction of sp³-hybridized carbons (Fsp3) is 0.333. The molecule has 152 valence electrons. The number of carbonyl (C=O) groups excluding carboxylic acids is 2. The lowest BCUT2D eigenvalue weighted by Gasteiger charge is -2.23. The third kappa shape index (κ3) is 4.42. The van der Waals surface area contributed by atoms with Crippen molar-refractivity contribution in [1.29, 1.82) is 0 Å². The summed E-state index contributed by atoms with van der Waals surface area (Å²) in [5, 5.41) is 2.89. The summed E-state index contributed by atoms with van der Waals surface area (Å²) < 4.78 is 15.8. The average Bonchev–Trinajstić information content (AvgIpc) is 3.41. The molecule has 1 saturated heterocycles. The molecule has 0 aliphatic carbocycles. The maximum atomic E-state index is 12.8. The Morgan fingerprint density at radius 3 is 2.76 bits per heavy atom. The Morgan fingerprint density at radius 1 is 1.17 bits per heavy atom. The summed E-state index contributed by atoms with van der Waals surface area (Å²) in [6.07, 6.45) is 0.927. The molecular weight excluding hydrogens is 392 g/mol. The van der Waals surface area contributed by atoms with E-state index in [4.69, 9.17) is 14.2 Å². The molecule has 1 N–H and O–H groups in total. The summed E-state index contributed by atoms with van der Waals surface area (Å²) in [5.41, 5.74) is 1.69. The molecule has 2 amide bonds. The van der Waals surface area contributed by atoms with Crippen LogP contribution in [0, 0.1) is 0 Å². The predicted octanol–water partition coefficient (Wildman–Crippen LogP) is 2.90. The summed E-state index contributed by atoms with van der Waals surface area (Å²) in [5.74, 6) is 3.09. The van der Waals surface area contributed by atoms with E-state index in [1.807, 2.05) is 18.2 Å². The normalized spacial score (nSPS) is 17.3. The van der Waals surface area contributed by atoms with E-state index in [9.17, 15) is 9.59 Å². The third-order valence-corrected chi connectivity index (χ3v) is 5.94. The van der Waals surface area contributed by atoms with Gasteiger partial charge in [0.25, 0.3) is 0 Å². The number of rotatable bonds is 6. The number of carbonyl (C=O) groups is 2. The van der Waals surface area contributed by atoms with Crippen molar-refractivity contribution in [2.24, 2.45) is 0 Å². The summed E-state index contributed by atoms with van der Waals surface area (Å²) in [4.78, 5) is 27.1. The minimum absolute atomic E-state index is 0.0254. The number of fused-ring (bicyclic) bond motifs is 1. The second-order valence-corrected chi connectivity index (χ2v) is 7.78. The van der Waals surface area contributed by atoms with E-state index in [0.29, 0.717) is 35.9 Å². The highest BCUT2D eigenvalue weighted by molar-refractivity contribution is 7.99. The van der Waals surface area contributed by atoms with Crippen molar-refractivity contribution < 1.29 is 23.8 Å². The quantitative estimate of drug-likeness (QED) is 0.783. The van der Waals surface area contributed by atoms with Crippen molar-refractivity contribution in [3.63, 3.8) is 0 Å². The fourth-order valence-corrected chi connectivity index (χ4v) is 4.48. The van der Waals surface area contributed by atoms with Crippen LogP contribution in [0.25, 0.3) is 0 Å². The Bertz CT molecular complexity index is 902. The smallest absolute Gasteiger partial charge is 0.248 e. The highest BCUT2D eigenvalue weighted by Gasteiger charge is 2.34. The number of hydrogen-bond donors (Lipinski definition) is 1. The molecule has 29 heavy (non-hydrogen) atoms. The van der Waals surface area contributed by atoms with Gasteiger partial charge in [-0.3, -0.25) is 9.59 Å². The predicted molar refractivity (Wildman–Crippen MR) is 110 cm³/mol. The molecule has 0 bridgehead atoms. The standard InChI is InChI=1S/C21H22N2O5S/c1-26-16-6-4-15(5-7-16)22-21(25)17-11-29-12-23(17)20(24)9-3-14-2-8-18-19(10-14)28-13-27-18/h2,4-8,10,17H,3,9,11-13H2,1H3,(H,22,25). The zero-order valence-corrected chi connectivity index (χ0v) is 16.9. The van der Waals surface area contributed by atoms with Gasteiger partial charge in [0.05, 0.1) is 13.0 Å². The lowest BCUT2D eigenvalue weighted by molar-refractivity contribution is -0.136. The van der Waals surface area contributed by atoms with Gasteiger partial charge in [0, 0.05) is 17.9 Å². The Balaban J connectivity index is 1.34. The summed E-state index contributed by atoms with van der Waals surface area (Å²) >= 11 is 1.59. The molecule has 0 radical (unpaired) electrons. The van der Waals surface area contributed by atoms with Gasteiger partial charge in [-0.05, 0) is 48.4 Å². The molecule has 2 aliphatic heterocycles. The molecule has 4 rings (SSSR count). The second-order valence-electron chi connectivity index (χ2n) is 6.78. The third-order valence-electron chi connectivity index (χ3n) is 4.93. The minimum atomic E-state index is -0.466. The van der Waals surface area contributed by atoms with Crippen molar-refractivity contribution in [1.82, 2.24) is 4.90 Å². The van der Waals surface area contributed by atoms with Crippen LogP contribution in [-0.4, -0.2) is 48.3 Å². The molecule has 2 aromatic carbocycles. The first-order chi connectivity index (χ1) is 14.1. The molecule has 2 heterocycles. The highest BCUT2D eigenvalue weighted by Crippen LogP contribution is 2.33. The number of hydrogen-bond acceptors (Lipinski definition) is 6. The average molecular weight is 414 g/mol. The van der Waals surface area contributed by atoms with Gasteiger partial charge in [0.2, 0.25) is 18.6 Å². The van der Waals surface area contributed by atoms with Gasteiger partial charge in [-0.1, -0.05) is 6.07 Å². The number of amides is 2. The number of methoxy groups -OCH3 is 1. The van der Waals surface area contributed by atoms with Crippen LogP contribution in [0.4, 0.5) is 5.69 Å². The first-order valence-corrected chi connectivity index (χ1v) is 10.5. The number of thioether (sulfide) groups is 1. The lowest BCUT2D eigenvalue weighted by atomic mass is 10.1. The molecule has 0 aromatic heterocycles. The van der Waals surface area contributed by atoms with E-state index >= 15 is 0 Å². The molecule has 2 aromatic rings. The van der Waals surface area contributed by atoms with Gasteiger partial charge in [-0.2, -0.15) is 0 Å². The molecule has 0 saturated carbocycles. The summed E-state index contributed by atoms with van der Waals surface area (Å²) in [6.45, 7) is 0.230. The molecule has 8 heteroatoms. The zero-order valence-electron chi connectivity index (χ0n) is 16.1. The van der Waals surface area contributed by atoms with Crippen LogP contribution < -0.4 is 19.5 Å². The molecule has 0 spiro atoms. The summed E-state index contributed by atoms with van der Waals surface area (Å²) in [7, 11) is 1.59. The number of benzene rings is 2. The van der Waals surface area contributed by atoms with Gasteiger partial charge in [-0.25, -0.2) is 0 Å². The molecule has 1 fully saturated rings. The number of nitrogens with one attached hydrogen (secondary N) is 1. The Morgan fingerprint density at radius 2 is 1.97 bits per heavy atom. The van der Waals surface area contributed by atoms with Crippen LogP contribution in [0.2, 0.25) is 0 Å². The second kappa shape index (κ2) is 8.65. The SMILES string of the molecule is COc1ccc(NC(=O)C2CSCN2C(=O)CCc2ccc3c(c2)OCO3)cc1. The molecular formula is C21H22N2O5S. The van der Waals surface area contributed by atoms with Gasteiger partial charge < -0.3 is 24.4 Å². The molecule has 7 nitrogen and oxygen atoms in total. The fourth-order valence-electron chi connectivity index (χ4n) is 3.30. The van der Waals surface area contributed by atoms with E-state index in [1.165, 1.54) is 0 Å². The first kappa shape index (κ1) is 19.4. The van der Waals surface area contributed by atoms with Crippen LogP contribution in [-0.2, 0) is 16.0 Å². The van der Waals surface area contributed by atoms with E-state index in [2.05, 4.69) is 5.32 Å². The zero-order chi connectivity index (χ0) is 20.2. The van der Waals surface area contributed by atoms with Gasteiger partial charge in [-0.15, -0.1) is 11.8 Å². The molecule has 1 unspecified atom stereocenters. The van der Waals surface area contributed by atoms with Crippen LogP contribution in [0.3, 0.4) is 0 Å².